The van der Waals surface area contributed by atoms with E-state index in [1.165, 1.54) is 34.9 Å². The Morgan fingerprint density at radius 2 is 1.83 bits per heavy atom. The zero-order valence-corrected chi connectivity index (χ0v) is 15.4. The zero-order chi connectivity index (χ0) is 20.4. The predicted octanol–water partition coefficient (Wildman–Crippen LogP) is 2.80. The van der Waals surface area contributed by atoms with Crippen molar-refractivity contribution in [2.75, 3.05) is 17.4 Å². The number of nitrogens with zero attached hydrogens (tertiary/aromatic N) is 2. The number of fused-ring (bicyclic) bond motifs is 1. The lowest BCUT2D eigenvalue weighted by atomic mass is 10.2. The molecule has 2 N–H and O–H groups in total. The van der Waals surface area contributed by atoms with Gasteiger partial charge in [0.2, 0.25) is 18.6 Å². The fourth-order valence-corrected chi connectivity index (χ4v) is 2.85. The fourth-order valence-electron chi connectivity index (χ4n) is 2.85. The lowest BCUT2D eigenvalue weighted by Crippen LogP contribution is -2.30. The second-order valence-electron chi connectivity index (χ2n) is 6.39. The Morgan fingerprint density at radius 3 is 2.62 bits per heavy atom. The highest BCUT2D eigenvalue weighted by atomic mass is 19.1. The first-order valence-electron chi connectivity index (χ1n) is 8.78. The molecule has 1 aliphatic heterocycles. The van der Waals surface area contributed by atoms with Crippen molar-refractivity contribution in [3.8, 4) is 11.5 Å². The van der Waals surface area contributed by atoms with Crippen LogP contribution in [-0.4, -0.2) is 22.3 Å². The molecule has 1 aliphatic rings. The lowest BCUT2D eigenvalue weighted by molar-refractivity contribution is -0.116. The minimum atomic E-state index is -0.418. The highest BCUT2D eigenvalue weighted by Crippen LogP contribution is 2.34. The minimum absolute atomic E-state index is 0.135. The van der Waals surface area contributed by atoms with Gasteiger partial charge < -0.3 is 20.1 Å². The van der Waals surface area contributed by atoms with Crippen LogP contribution < -0.4 is 25.7 Å². The summed E-state index contributed by atoms with van der Waals surface area (Å²) in [5.74, 6) is 0.526. The second-order valence-corrected chi connectivity index (χ2v) is 6.39. The molecular formula is C20H17FN4O4. The second kappa shape index (κ2) is 7.63. The number of hydrogen-bond donors (Lipinski definition) is 2. The maximum Gasteiger partial charge on any atom is 0.255 e. The molecule has 0 atom stereocenters. The van der Waals surface area contributed by atoms with E-state index in [9.17, 15) is 14.0 Å². The molecule has 0 saturated heterocycles. The standard InChI is InChI=1S/C20H17FN4O4/c1-12-8-19(27)25(20(22-12)24-14-4-2-13(21)3-5-14)10-18(26)23-15-6-7-16-17(9-15)29-11-28-16/h2-9H,10-11H2,1H3,(H,22,24)(H,23,26). The van der Waals surface area contributed by atoms with Gasteiger partial charge in [-0.1, -0.05) is 0 Å². The van der Waals surface area contributed by atoms with Gasteiger partial charge >= 0.3 is 0 Å². The molecule has 148 valence electrons. The third kappa shape index (κ3) is 4.18. The fraction of sp³-hybridized carbons (Fsp3) is 0.150. The van der Waals surface area contributed by atoms with Crippen LogP contribution in [0.5, 0.6) is 11.5 Å². The number of halogens is 1. The molecule has 0 aliphatic carbocycles. The van der Waals surface area contributed by atoms with Crippen LogP contribution in [0.25, 0.3) is 0 Å². The Bertz CT molecular complexity index is 1130. The van der Waals surface area contributed by atoms with Crippen LogP contribution in [0.15, 0.2) is 53.3 Å². The Kier molecular flexibility index (Phi) is 4.86. The van der Waals surface area contributed by atoms with Crippen molar-refractivity contribution in [3.05, 3.63) is 70.4 Å². The summed E-state index contributed by atoms with van der Waals surface area (Å²) in [4.78, 5) is 29.3. The van der Waals surface area contributed by atoms with Gasteiger partial charge in [0.15, 0.2) is 11.5 Å². The smallest absolute Gasteiger partial charge is 0.255 e. The number of rotatable bonds is 5. The molecule has 1 aromatic heterocycles. The Hall–Kier alpha value is -3.88. The first-order chi connectivity index (χ1) is 14.0. The van der Waals surface area contributed by atoms with E-state index in [1.54, 1.807) is 25.1 Å². The number of carbonyl (C=O) groups is 1. The van der Waals surface area contributed by atoms with E-state index in [4.69, 9.17) is 9.47 Å². The molecule has 1 amide bonds. The number of amides is 1. The maximum atomic E-state index is 13.1. The SMILES string of the molecule is Cc1cc(=O)n(CC(=O)Nc2ccc3c(c2)OCO3)c(Nc2ccc(F)cc2)n1. The topological polar surface area (TPSA) is 94.5 Å². The highest BCUT2D eigenvalue weighted by molar-refractivity contribution is 5.91. The Morgan fingerprint density at radius 1 is 1.10 bits per heavy atom. The summed E-state index contributed by atoms with van der Waals surface area (Å²) in [6.07, 6.45) is 0. The monoisotopic (exact) mass is 396 g/mol. The predicted molar refractivity (Wildman–Crippen MR) is 104 cm³/mol. The van der Waals surface area contributed by atoms with Crippen LogP contribution in [0.3, 0.4) is 0 Å². The molecule has 9 heteroatoms. The number of nitrogens with one attached hydrogen (secondary N) is 2. The van der Waals surface area contributed by atoms with Crippen molar-refractivity contribution in [3.63, 3.8) is 0 Å². The van der Waals surface area contributed by atoms with E-state index >= 15 is 0 Å². The van der Waals surface area contributed by atoms with Gasteiger partial charge in [-0.3, -0.25) is 14.2 Å². The molecule has 3 aromatic rings. The summed E-state index contributed by atoms with van der Waals surface area (Å²) >= 11 is 0. The number of anilines is 3. The average Bonchev–Trinajstić information content (AvgIpc) is 3.14. The number of benzene rings is 2. The first-order valence-corrected chi connectivity index (χ1v) is 8.78. The van der Waals surface area contributed by atoms with Gasteiger partial charge in [0.25, 0.3) is 5.56 Å². The summed E-state index contributed by atoms with van der Waals surface area (Å²) in [5.41, 5.74) is 1.16. The third-order valence-corrected chi connectivity index (χ3v) is 4.19. The van der Waals surface area contributed by atoms with Crippen molar-refractivity contribution in [2.45, 2.75) is 13.5 Å². The molecule has 0 bridgehead atoms. The molecule has 8 nitrogen and oxygen atoms in total. The van der Waals surface area contributed by atoms with Crippen molar-refractivity contribution >= 4 is 23.2 Å². The van der Waals surface area contributed by atoms with Crippen molar-refractivity contribution in [1.82, 2.24) is 9.55 Å². The lowest BCUT2D eigenvalue weighted by Gasteiger charge is -2.14. The van der Waals surface area contributed by atoms with Crippen molar-refractivity contribution in [2.24, 2.45) is 0 Å². The maximum absolute atomic E-state index is 13.1. The van der Waals surface area contributed by atoms with E-state index in [0.29, 0.717) is 28.6 Å². The van der Waals surface area contributed by atoms with Crippen molar-refractivity contribution in [1.29, 1.82) is 0 Å². The third-order valence-electron chi connectivity index (χ3n) is 4.19. The Labute approximate surface area is 164 Å². The summed E-state index contributed by atoms with van der Waals surface area (Å²) in [7, 11) is 0. The average molecular weight is 396 g/mol. The van der Waals surface area contributed by atoms with E-state index in [1.807, 2.05) is 0 Å². The van der Waals surface area contributed by atoms with E-state index in [-0.39, 0.29) is 30.7 Å². The summed E-state index contributed by atoms with van der Waals surface area (Å²) in [6, 6.07) is 12.0. The highest BCUT2D eigenvalue weighted by Gasteiger charge is 2.16. The number of aryl methyl sites for hydroxylation is 1. The number of ether oxygens (including phenoxy) is 2. The van der Waals surface area contributed by atoms with Crippen LogP contribution in [0, 0.1) is 12.7 Å². The normalized spacial score (nSPS) is 11.9. The number of hydrogen-bond acceptors (Lipinski definition) is 6. The van der Waals surface area contributed by atoms with Crippen LogP contribution >= 0.6 is 0 Å². The Balaban J connectivity index is 1.55. The zero-order valence-electron chi connectivity index (χ0n) is 15.4. The number of aromatic nitrogens is 2. The first kappa shape index (κ1) is 18.5. The van der Waals surface area contributed by atoms with Crippen LogP contribution in [0.1, 0.15) is 5.69 Å². The molecule has 0 fully saturated rings. The van der Waals surface area contributed by atoms with Gasteiger partial charge in [-0.05, 0) is 43.3 Å². The van der Waals surface area contributed by atoms with Gasteiger partial charge in [-0.15, -0.1) is 0 Å². The molecule has 0 unspecified atom stereocenters. The molecule has 0 radical (unpaired) electrons. The largest absolute Gasteiger partial charge is 0.454 e. The van der Waals surface area contributed by atoms with Gasteiger partial charge in [-0.2, -0.15) is 0 Å². The van der Waals surface area contributed by atoms with E-state index in [0.717, 1.165) is 0 Å². The molecule has 29 heavy (non-hydrogen) atoms. The van der Waals surface area contributed by atoms with Crippen molar-refractivity contribution < 1.29 is 18.7 Å². The van der Waals surface area contributed by atoms with E-state index < -0.39 is 5.91 Å². The van der Waals surface area contributed by atoms with Crippen LogP contribution in [-0.2, 0) is 11.3 Å². The van der Waals surface area contributed by atoms with Gasteiger partial charge in [0, 0.05) is 29.2 Å². The summed E-state index contributed by atoms with van der Waals surface area (Å²) < 4.78 is 24.9. The molecular weight excluding hydrogens is 379 g/mol. The molecule has 0 spiro atoms. The van der Waals surface area contributed by atoms with Gasteiger partial charge in [-0.25, -0.2) is 9.37 Å². The number of carbonyl (C=O) groups excluding carboxylic acids is 1. The quantitative estimate of drug-likeness (QED) is 0.689. The summed E-state index contributed by atoms with van der Waals surface area (Å²) in [6.45, 7) is 1.55. The molecule has 0 saturated carbocycles. The van der Waals surface area contributed by atoms with Crippen LogP contribution in [0.2, 0.25) is 0 Å². The van der Waals surface area contributed by atoms with E-state index in [2.05, 4.69) is 15.6 Å². The van der Waals surface area contributed by atoms with Gasteiger partial charge in [0.1, 0.15) is 12.4 Å². The van der Waals surface area contributed by atoms with Crippen LogP contribution in [0.4, 0.5) is 21.7 Å². The van der Waals surface area contributed by atoms with Gasteiger partial charge in [0.05, 0.1) is 0 Å². The molecule has 4 rings (SSSR count). The summed E-state index contributed by atoms with van der Waals surface area (Å²) in [5, 5.41) is 5.67. The molecule has 2 aromatic carbocycles. The molecule has 2 heterocycles. The minimum Gasteiger partial charge on any atom is -0.454 e.